The molecular formula is C27H20N4O4S2. The first-order chi connectivity index (χ1) is 18.0. The van der Waals surface area contributed by atoms with Gasteiger partial charge in [-0.2, -0.15) is 0 Å². The molecule has 3 amide bonds. The van der Waals surface area contributed by atoms with Crippen LogP contribution in [0.3, 0.4) is 0 Å². The highest BCUT2D eigenvalue weighted by Crippen LogP contribution is 2.53. The first-order valence-electron chi connectivity index (χ1n) is 11.6. The highest BCUT2D eigenvalue weighted by molar-refractivity contribution is 8.00. The molecule has 4 aromatic rings. The fraction of sp³-hybridized carbons (Fsp3) is 0.148. The lowest BCUT2D eigenvalue weighted by molar-refractivity contribution is -0.122. The molecule has 184 valence electrons. The molecular weight excluding hydrogens is 508 g/mol. The van der Waals surface area contributed by atoms with E-state index in [-0.39, 0.29) is 29.1 Å². The second-order valence-electron chi connectivity index (χ2n) is 8.71. The van der Waals surface area contributed by atoms with Crippen LogP contribution in [0, 0.1) is 5.92 Å². The SMILES string of the molecule is O=C(Cn1c2c(sc1=O)[C@@H](c1cccnc1)[C@@H]1C(=O)N(c3ccccc3)C(=O)[C@@H]1S2)Nc1ccccc1. The average Bonchev–Trinajstić information content (AvgIpc) is 3.36. The van der Waals surface area contributed by atoms with E-state index in [0.29, 0.717) is 21.3 Å². The summed E-state index contributed by atoms with van der Waals surface area (Å²) in [5.74, 6) is -2.21. The Hall–Kier alpha value is -4.02. The van der Waals surface area contributed by atoms with Crippen LogP contribution < -0.4 is 15.1 Å². The summed E-state index contributed by atoms with van der Waals surface area (Å²) in [7, 11) is 0. The van der Waals surface area contributed by atoms with E-state index in [1.807, 2.05) is 30.3 Å². The van der Waals surface area contributed by atoms with E-state index in [4.69, 9.17) is 0 Å². The number of nitrogens with zero attached hydrogens (tertiary/aromatic N) is 3. The number of anilines is 2. The number of carbonyl (C=O) groups excluding carboxylic acids is 3. The van der Waals surface area contributed by atoms with Crippen molar-refractivity contribution in [3.05, 3.63) is 105 Å². The molecule has 3 atom stereocenters. The fourth-order valence-corrected chi connectivity index (χ4v) is 7.64. The van der Waals surface area contributed by atoms with Crippen molar-refractivity contribution in [2.45, 2.75) is 22.7 Å². The van der Waals surface area contributed by atoms with E-state index in [9.17, 15) is 19.2 Å². The van der Waals surface area contributed by atoms with Gasteiger partial charge in [0.15, 0.2) is 0 Å². The zero-order valence-corrected chi connectivity index (χ0v) is 20.9. The lowest BCUT2D eigenvalue weighted by Crippen LogP contribution is -2.33. The van der Waals surface area contributed by atoms with Crippen molar-refractivity contribution < 1.29 is 14.4 Å². The minimum absolute atomic E-state index is 0.200. The topological polar surface area (TPSA) is 101 Å². The second-order valence-corrected chi connectivity index (χ2v) is 10.8. The number of fused-ring (bicyclic) bond motifs is 2. The van der Waals surface area contributed by atoms with Crippen LogP contribution in [0.15, 0.2) is 95.0 Å². The highest BCUT2D eigenvalue weighted by atomic mass is 32.2. The molecule has 6 rings (SSSR count). The van der Waals surface area contributed by atoms with Crippen molar-refractivity contribution in [2.75, 3.05) is 10.2 Å². The number of hydrogen-bond acceptors (Lipinski definition) is 7. The summed E-state index contributed by atoms with van der Waals surface area (Å²) >= 11 is 2.21. The maximum absolute atomic E-state index is 13.7. The van der Waals surface area contributed by atoms with Crippen LogP contribution in [0.1, 0.15) is 16.4 Å². The number of para-hydroxylation sites is 2. The molecule has 2 aromatic heterocycles. The Balaban J connectivity index is 1.41. The van der Waals surface area contributed by atoms with Crippen molar-refractivity contribution in [1.82, 2.24) is 9.55 Å². The maximum atomic E-state index is 13.7. The number of rotatable bonds is 5. The van der Waals surface area contributed by atoms with E-state index < -0.39 is 17.1 Å². The highest BCUT2D eigenvalue weighted by Gasteiger charge is 2.56. The van der Waals surface area contributed by atoms with Crippen LogP contribution >= 0.6 is 23.1 Å². The van der Waals surface area contributed by atoms with Crippen molar-refractivity contribution in [3.8, 4) is 0 Å². The molecule has 37 heavy (non-hydrogen) atoms. The monoisotopic (exact) mass is 528 g/mol. The molecule has 1 N–H and O–H groups in total. The van der Waals surface area contributed by atoms with Crippen molar-refractivity contribution in [3.63, 3.8) is 0 Å². The molecule has 0 spiro atoms. The van der Waals surface area contributed by atoms with Crippen molar-refractivity contribution in [1.29, 1.82) is 0 Å². The summed E-state index contributed by atoms with van der Waals surface area (Å²) < 4.78 is 1.41. The van der Waals surface area contributed by atoms with Gasteiger partial charge in [0.2, 0.25) is 17.7 Å². The van der Waals surface area contributed by atoms with Gasteiger partial charge >= 0.3 is 4.87 Å². The number of carbonyl (C=O) groups is 3. The smallest absolute Gasteiger partial charge is 0.308 e. The minimum atomic E-state index is -0.733. The predicted molar refractivity (Wildman–Crippen MR) is 142 cm³/mol. The zero-order valence-electron chi connectivity index (χ0n) is 19.3. The van der Waals surface area contributed by atoms with Crippen LogP contribution in [0.25, 0.3) is 0 Å². The number of hydrogen-bond donors (Lipinski definition) is 1. The van der Waals surface area contributed by atoms with Gasteiger partial charge in [0.05, 0.1) is 16.6 Å². The number of benzene rings is 2. The molecule has 4 heterocycles. The molecule has 0 aliphatic carbocycles. The number of imide groups is 1. The van der Waals surface area contributed by atoms with E-state index in [1.165, 1.54) is 21.2 Å². The lowest BCUT2D eigenvalue weighted by atomic mass is 9.84. The summed E-state index contributed by atoms with van der Waals surface area (Å²) in [6, 6.07) is 21.5. The number of thioether (sulfide) groups is 1. The first-order valence-corrected chi connectivity index (χ1v) is 13.3. The summed E-state index contributed by atoms with van der Waals surface area (Å²) in [5.41, 5.74) is 1.89. The van der Waals surface area contributed by atoms with Gasteiger partial charge < -0.3 is 5.32 Å². The molecule has 2 aliphatic rings. The number of pyridine rings is 1. The van der Waals surface area contributed by atoms with Gasteiger partial charge in [0.25, 0.3) is 0 Å². The summed E-state index contributed by atoms with van der Waals surface area (Å²) in [6.45, 7) is -0.200. The van der Waals surface area contributed by atoms with Gasteiger partial charge in [-0.05, 0) is 35.9 Å². The number of thiazole rings is 1. The Morgan fingerprint density at radius 1 is 0.919 bits per heavy atom. The van der Waals surface area contributed by atoms with Crippen LogP contribution in [0.4, 0.5) is 11.4 Å². The quantitative estimate of drug-likeness (QED) is 0.396. The van der Waals surface area contributed by atoms with Crippen molar-refractivity contribution >= 4 is 52.2 Å². The molecule has 2 aromatic carbocycles. The third-order valence-corrected chi connectivity index (χ3v) is 9.07. The molecule has 0 unspecified atom stereocenters. The van der Waals surface area contributed by atoms with Gasteiger partial charge in [-0.3, -0.25) is 28.7 Å². The Morgan fingerprint density at radius 3 is 2.35 bits per heavy atom. The van der Waals surface area contributed by atoms with E-state index in [2.05, 4.69) is 10.3 Å². The standard InChI is InChI=1S/C27H20N4O4S2/c32-19(29-17-9-3-1-4-10-17)15-30-26-23(37-27(30)35)20(16-8-7-13-28-14-16)21-22(36-26)25(34)31(24(21)33)18-11-5-2-6-12-18/h1-14,20-22H,15H2,(H,29,32)/t20-,21-,22+/m0/s1. The van der Waals surface area contributed by atoms with Crippen LogP contribution in [0.2, 0.25) is 0 Å². The average molecular weight is 529 g/mol. The van der Waals surface area contributed by atoms with E-state index in [1.54, 1.807) is 54.9 Å². The number of aromatic nitrogens is 2. The third-order valence-electron chi connectivity index (χ3n) is 6.47. The van der Waals surface area contributed by atoms with Crippen LogP contribution in [-0.4, -0.2) is 32.5 Å². The molecule has 0 saturated carbocycles. The maximum Gasteiger partial charge on any atom is 0.308 e. The summed E-state index contributed by atoms with van der Waals surface area (Å²) in [5, 5.41) is 2.62. The third kappa shape index (κ3) is 4.08. The normalized spacial score (nSPS) is 20.4. The summed E-state index contributed by atoms with van der Waals surface area (Å²) in [6.07, 6.45) is 3.31. The molecule has 1 fully saturated rings. The lowest BCUT2D eigenvalue weighted by Gasteiger charge is -2.30. The largest absolute Gasteiger partial charge is 0.325 e. The molecule has 2 aliphatic heterocycles. The zero-order chi connectivity index (χ0) is 25.5. The Kier molecular flexibility index (Phi) is 5.97. The van der Waals surface area contributed by atoms with E-state index >= 15 is 0 Å². The molecule has 0 radical (unpaired) electrons. The molecule has 10 heteroatoms. The minimum Gasteiger partial charge on any atom is -0.325 e. The Morgan fingerprint density at radius 2 is 1.65 bits per heavy atom. The first kappa shape index (κ1) is 23.4. The van der Waals surface area contributed by atoms with Gasteiger partial charge in [0, 0.05) is 28.9 Å². The van der Waals surface area contributed by atoms with Gasteiger partial charge in [-0.15, -0.1) is 0 Å². The molecule has 0 bridgehead atoms. The van der Waals surface area contributed by atoms with Crippen molar-refractivity contribution in [2.24, 2.45) is 5.92 Å². The number of amides is 3. The summed E-state index contributed by atoms with van der Waals surface area (Å²) in [4.78, 5) is 59.2. The molecule has 1 saturated heterocycles. The van der Waals surface area contributed by atoms with Gasteiger partial charge in [0.1, 0.15) is 11.8 Å². The molecule has 8 nitrogen and oxygen atoms in total. The second kappa shape index (κ2) is 9.45. The Bertz CT molecular complexity index is 1550. The number of nitrogens with one attached hydrogen (secondary N) is 1. The van der Waals surface area contributed by atoms with Crippen LogP contribution in [-0.2, 0) is 20.9 Å². The predicted octanol–water partition coefficient (Wildman–Crippen LogP) is 3.74. The van der Waals surface area contributed by atoms with E-state index in [0.717, 1.165) is 16.9 Å². The van der Waals surface area contributed by atoms with Gasteiger partial charge in [-0.1, -0.05) is 65.6 Å². The van der Waals surface area contributed by atoms with Gasteiger partial charge in [-0.25, -0.2) is 4.90 Å². The van der Waals surface area contributed by atoms with Crippen LogP contribution in [0.5, 0.6) is 0 Å². The Labute approximate surface area is 220 Å². The fourth-order valence-electron chi connectivity index (χ4n) is 4.87.